The van der Waals surface area contributed by atoms with Gasteiger partial charge in [0.1, 0.15) is 13.2 Å². The number of carbonyl (C=O) groups excluding carboxylic acids is 8. The van der Waals surface area contributed by atoms with Gasteiger partial charge in [-0.1, -0.05) is 184 Å². The van der Waals surface area contributed by atoms with E-state index in [4.69, 9.17) is 53.9 Å². The molecule has 6 aromatic heterocycles. The molecule has 0 aliphatic carbocycles. The molecule has 642 valence electrons. The van der Waals surface area contributed by atoms with Crippen molar-refractivity contribution < 1.29 is 136 Å². The summed E-state index contributed by atoms with van der Waals surface area (Å²) in [6, 6.07) is 53.4. The lowest BCUT2D eigenvalue weighted by atomic mass is 10.1. The van der Waals surface area contributed by atoms with Crippen LogP contribution in [0.25, 0.3) is 56.6 Å². The second-order valence-corrected chi connectivity index (χ2v) is 23.5. The molecule has 0 saturated heterocycles. The molecule has 0 aliphatic rings. The number of halogens is 6. The predicted octanol–water partition coefficient (Wildman–Crippen LogP) is 8.83. The number of nitrogens with two attached hydrogens (primary N) is 2. The summed E-state index contributed by atoms with van der Waals surface area (Å²) in [5.74, 6) is 0.199. The Morgan fingerprint density at radius 2 is 0.752 bits per heavy atom. The monoisotopic (exact) mass is 1700 g/mol. The van der Waals surface area contributed by atoms with Crippen LogP contribution in [0.15, 0.2) is 209 Å². The smallest absolute Gasteiger partial charge is 0.481 e. The van der Waals surface area contributed by atoms with E-state index in [1.807, 2.05) is 133 Å². The number of Topliss-reactive ketones (excluding diaryl/α,β-unsaturated/α-hetero) is 1. The van der Waals surface area contributed by atoms with E-state index < -0.39 is 85.7 Å². The molecule has 0 saturated carbocycles. The highest BCUT2D eigenvalue weighted by Crippen LogP contribution is 2.25. The highest BCUT2D eigenvalue weighted by atomic mass is 19.4. The van der Waals surface area contributed by atoms with Gasteiger partial charge in [0.25, 0.3) is 23.6 Å². The van der Waals surface area contributed by atoms with Gasteiger partial charge in [-0.3, -0.25) is 62.8 Å². The van der Waals surface area contributed by atoms with E-state index >= 15 is 0 Å². The first kappa shape index (κ1) is 96.7. The van der Waals surface area contributed by atoms with Crippen molar-refractivity contribution in [1.82, 2.24) is 68.0 Å². The van der Waals surface area contributed by atoms with Crippen LogP contribution in [0.4, 0.5) is 26.3 Å². The largest absolute Gasteiger partial charge is 0.523 e. The molecular formula is C77H79F6N15O23. The Hall–Kier alpha value is -14.9. The summed E-state index contributed by atoms with van der Waals surface area (Å²) < 4.78 is 113. The molecule has 6 heterocycles. The van der Waals surface area contributed by atoms with Crippen LogP contribution in [0.1, 0.15) is 110 Å². The third-order valence-corrected chi connectivity index (χ3v) is 14.4. The fourth-order valence-electron chi connectivity index (χ4n) is 8.62. The summed E-state index contributed by atoms with van der Waals surface area (Å²) in [6.45, 7) is 1.82. The molecule has 0 bridgehead atoms. The summed E-state index contributed by atoms with van der Waals surface area (Å²) in [4.78, 5) is 122. The number of alkyl halides is 6. The maximum absolute atomic E-state index is 12.1. The fourth-order valence-corrected chi connectivity index (χ4v) is 8.62. The molecule has 0 aliphatic heterocycles. The summed E-state index contributed by atoms with van der Waals surface area (Å²) in [6.07, 6.45) is -9.21. The number of hydrogen-bond acceptors (Lipinski definition) is 29. The number of carboxylic acid groups (broad SMARTS) is 3. The van der Waals surface area contributed by atoms with Crippen molar-refractivity contribution in [2.45, 2.75) is 71.7 Å². The molecule has 0 radical (unpaired) electrons. The fraction of sp³-hybridized carbons (Fsp3) is 0.247. The third kappa shape index (κ3) is 38.6. The van der Waals surface area contributed by atoms with E-state index in [1.54, 1.807) is 44.2 Å². The number of nitrogens with zero attached hydrogens (tertiary/aromatic N) is 7. The molecule has 13 N–H and O–H groups in total. The zero-order chi connectivity index (χ0) is 88.5. The van der Waals surface area contributed by atoms with Crippen LogP contribution in [0.5, 0.6) is 0 Å². The minimum Gasteiger partial charge on any atom is -0.481 e. The topological polar surface area (TPSA) is 569 Å². The van der Waals surface area contributed by atoms with Crippen LogP contribution in [0.2, 0.25) is 0 Å². The minimum atomic E-state index is -4.91. The number of carboxylic acids is 3. The zero-order valence-corrected chi connectivity index (χ0v) is 64.0. The highest BCUT2D eigenvalue weighted by molar-refractivity contribution is 5.95. The van der Waals surface area contributed by atoms with Gasteiger partial charge in [0.2, 0.25) is 23.6 Å². The average Bonchev–Trinajstić information content (AvgIpc) is 1.74. The SMILES string of the molecule is CCC(=O)O.CCOC(=O)CCN.NNC(=O)CCNC(=O)c1cc(-c2ccccc2)on1.O=C(CNC(=O)CCNC(=O)c1cc(-c2ccccc2)on1)COC(F)(F)F.O=C(NCCc1nnc(COC(F)(F)F)o1)c1cc(-c2ccccc2)on1.O=C(O)CCNC(=O)c1cc(-c2ccccc2)on1.O=C(O)c1cc(-c2ccccc2)on1. The summed E-state index contributed by atoms with van der Waals surface area (Å²) in [5, 5.41) is 62.1. The molecule has 11 rings (SSSR count). The normalized spacial score (nSPS) is 10.4. The Labute approximate surface area is 680 Å². The van der Waals surface area contributed by atoms with Crippen LogP contribution in [-0.4, -0.2) is 182 Å². The lowest BCUT2D eigenvalue weighted by Gasteiger charge is -2.07. The van der Waals surface area contributed by atoms with Gasteiger partial charge in [-0.15, -0.1) is 36.5 Å². The first-order chi connectivity index (χ1) is 57.9. The Kier molecular flexibility index (Phi) is 41.5. The number of carbonyl (C=O) groups is 11. The lowest BCUT2D eigenvalue weighted by Crippen LogP contribution is -2.35. The van der Waals surface area contributed by atoms with Gasteiger partial charge >= 0.3 is 36.6 Å². The zero-order valence-electron chi connectivity index (χ0n) is 64.0. The lowest BCUT2D eigenvalue weighted by molar-refractivity contribution is -0.332. The number of nitrogens with one attached hydrogen (secondary N) is 6. The highest BCUT2D eigenvalue weighted by Gasteiger charge is 2.31. The number of aromatic carboxylic acids is 1. The van der Waals surface area contributed by atoms with Crippen molar-refractivity contribution in [2.75, 3.05) is 52.5 Å². The Morgan fingerprint density at radius 3 is 1.07 bits per heavy atom. The van der Waals surface area contributed by atoms with Crippen LogP contribution in [0, 0.1) is 0 Å². The maximum Gasteiger partial charge on any atom is 0.523 e. The van der Waals surface area contributed by atoms with E-state index in [2.05, 4.69) is 76.8 Å². The number of ketones is 1. The summed E-state index contributed by atoms with van der Waals surface area (Å²) in [7, 11) is 0. The summed E-state index contributed by atoms with van der Waals surface area (Å²) in [5.41, 5.74) is 11.4. The molecule has 44 heteroatoms. The van der Waals surface area contributed by atoms with Crippen molar-refractivity contribution in [3.8, 4) is 56.6 Å². The molecular weight excluding hydrogens is 1620 g/mol. The molecule has 6 amide bonds. The van der Waals surface area contributed by atoms with Gasteiger partial charge in [0, 0.05) is 117 Å². The van der Waals surface area contributed by atoms with E-state index in [-0.39, 0.29) is 110 Å². The molecule has 0 spiro atoms. The van der Waals surface area contributed by atoms with E-state index in [0.717, 1.165) is 27.8 Å². The molecule has 0 fully saturated rings. The standard InChI is InChI=1S/C17H16F3N3O5.C16H13F3N4O4.C13H14N4O3.C13H12N2O4.C10H7NO3.C5H11NO2.C3H6O2/c18-17(19,20)27-10-12(24)9-22-15(25)6-7-21-16(26)13-8-14(28-23-13)11-4-2-1-3-5-11;17-16(18,19)25-9-14-22-21-13(26-14)6-7-20-15(24)11-8-12(27-23-11)10-4-2-1-3-5-10;14-16-12(18)6-7-15-13(19)10-8-11(20-17-10)9-4-2-1-3-5-9;16-12(17)6-7-14-13(18)10-8-11(19-15-10)9-4-2-1-3-5-9;12-10(13)8-6-9(14-11-8)7-4-2-1-3-5-7;1-2-8-5(7)3-4-6;1-2-3(4)5/h1-5,8H,6-7,9-10H2,(H,21,26)(H,22,25);1-5,8H,6-7,9H2,(H,20,24);1-5,8H,6-7,14H2,(H,15,19)(H,16,18);1-5,8H,6-7H2,(H,14,18)(H,16,17);1-6H,(H,12,13);2-4,6H2,1H3;2H2,1H3,(H,4,5). The van der Waals surface area contributed by atoms with Crippen LogP contribution < -0.4 is 43.6 Å². The van der Waals surface area contributed by atoms with E-state index in [1.165, 1.54) is 24.3 Å². The number of ether oxygens (including phenoxy) is 3. The van der Waals surface area contributed by atoms with Crippen molar-refractivity contribution in [3.05, 3.63) is 222 Å². The van der Waals surface area contributed by atoms with Gasteiger partial charge in [0.15, 0.2) is 63.1 Å². The minimum absolute atomic E-state index is 0.0266. The molecule has 0 atom stereocenters. The maximum atomic E-state index is 12.1. The summed E-state index contributed by atoms with van der Waals surface area (Å²) >= 11 is 0. The van der Waals surface area contributed by atoms with Gasteiger partial charge in [-0.05, 0) is 6.92 Å². The first-order valence-corrected chi connectivity index (χ1v) is 35.6. The van der Waals surface area contributed by atoms with Crippen molar-refractivity contribution in [2.24, 2.45) is 11.6 Å². The van der Waals surface area contributed by atoms with E-state index in [0.29, 0.717) is 48.4 Å². The number of hydrazine groups is 1. The van der Waals surface area contributed by atoms with Gasteiger partial charge in [-0.25, -0.2) is 10.6 Å². The second kappa shape index (κ2) is 51.9. The molecule has 121 heavy (non-hydrogen) atoms. The van der Waals surface area contributed by atoms with Crippen LogP contribution in [-0.2, 0) is 56.0 Å². The number of hydrogen-bond donors (Lipinski definition) is 11. The molecule has 0 unspecified atom stereocenters. The molecule has 5 aromatic carbocycles. The molecule has 11 aromatic rings. The van der Waals surface area contributed by atoms with Crippen molar-refractivity contribution >= 4 is 65.1 Å². The average molecular weight is 1700 g/mol. The number of benzene rings is 5. The van der Waals surface area contributed by atoms with Crippen LogP contribution in [0.3, 0.4) is 0 Å². The van der Waals surface area contributed by atoms with Crippen molar-refractivity contribution in [3.63, 3.8) is 0 Å². The van der Waals surface area contributed by atoms with Gasteiger partial charge in [0.05, 0.1) is 26.0 Å². The quantitative estimate of drug-likeness (QED) is 0.00616. The number of esters is 1. The van der Waals surface area contributed by atoms with Gasteiger partial charge < -0.3 is 79.4 Å². The van der Waals surface area contributed by atoms with Crippen LogP contribution >= 0.6 is 0 Å². The number of amides is 6. The number of rotatable bonds is 32. The predicted molar refractivity (Wildman–Crippen MR) is 407 cm³/mol. The number of aromatic nitrogens is 7. The Balaban J connectivity index is 0.000000263. The number of aliphatic carboxylic acids is 2. The Morgan fingerprint density at radius 1 is 0.421 bits per heavy atom. The molecule has 38 nitrogen and oxygen atoms in total. The second-order valence-electron chi connectivity index (χ2n) is 23.5. The van der Waals surface area contributed by atoms with Crippen molar-refractivity contribution in [1.29, 1.82) is 0 Å². The van der Waals surface area contributed by atoms with Gasteiger partial charge in [-0.2, -0.15) is 0 Å². The Bertz CT molecular complexity index is 5020. The first-order valence-electron chi connectivity index (χ1n) is 35.6. The van der Waals surface area contributed by atoms with E-state index in [9.17, 15) is 79.1 Å². The third-order valence-electron chi connectivity index (χ3n) is 14.4.